The van der Waals surface area contributed by atoms with E-state index in [4.69, 9.17) is 10.4 Å². The van der Waals surface area contributed by atoms with Crippen molar-refractivity contribution in [1.29, 1.82) is 0 Å². The van der Waals surface area contributed by atoms with Gasteiger partial charge < -0.3 is 5.11 Å². The van der Waals surface area contributed by atoms with E-state index in [1.165, 1.54) is 0 Å². The molecule has 0 saturated heterocycles. The first kappa shape index (κ1) is 12.5. The molecule has 0 aromatic rings. The van der Waals surface area contributed by atoms with Crippen LogP contribution in [0.15, 0.2) is 0 Å². The Morgan fingerprint density at radius 3 is 1.30 bits per heavy atom. The van der Waals surface area contributed by atoms with Gasteiger partial charge in [-0.15, -0.1) is 0 Å². The number of aliphatic hydroxyl groups excluding tert-OH is 1. The monoisotopic (exact) mass is 150 g/mol. The molecule has 0 rings (SSSR count). The fourth-order valence-electron chi connectivity index (χ4n) is 0. The third-order valence-corrected chi connectivity index (χ3v) is 0.274. The van der Waals surface area contributed by atoms with E-state index in [9.17, 15) is 0 Å². The Kier molecular flexibility index (Phi) is 7.09. The normalized spacial score (nSPS) is 10.8. The van der Waals surface area contributed by atoms with Crippen molar-refractivity contribution in [3.63, 3.8) is 0 Å². The summed E-state index contributed by atoms with van der Waals surface area (Å²) in [7, 11) is 0. The Morgan fingerprint density at radius 1 is 1.20 bits per heavy atom. The van der Waals surface area contributed by atoms with Crippen molar-refractivity contribution in [3.05, 3.63) is 0 Å². The first-order chi connectivity index (χ1) is 4.29. The van der Waals surface area contributed by atoms with Crippen LogP contribution in [-0.2, 0) is 4.89 Å². The molecule has 0 aromatic carbocycles. The maximum absolute atomic E-state index is 8.06. The number of rotatable bonds is 0. The molecule has 0 bridgehead atoms. The van der Waals surface area contributed by atoms with E-state index in [2.05, 4.69) is 4.89 Å². The molecule has 0 aliphatic rings. The Morgan fingerprint density at radius 2 is 1.30 bits per heavy atom. The maximum atomic E-state index is 8.06. The molecule has 0 fully saturated rings. The van der Waals surface area contributed by atoms with Gasteiger partial charge in [0.2, 0.25) is 0 Å². The van der Waals surface area contributed by atoms with Gasteiger partial charge in [-0.05, 0) is 34.6 Å². The van der Waals surface area contributed by atoms with Gasteiger partial charge in [-0.25, -0.2) is 4.89 Å². The van der Waals surface area contributed by atoms with Crippen molar-refractivity contribution < 1.29 is 15.3 Å². The third kappa shape index (κ3) is 45.0. The van der Waals surface area contributed by atoms with Crippen LogP contribution in [0.5, 0.6) is 0 Å². The quantitative estimate of drug-likeness (QED) is 0.408. The standard InChI is InChI=1S/C4H10O2.C3H8O/c1-4(2,3)6-5;1-3(2)4/h5H,1-3H3;3-4H,1-2H3. The SMILES string of the molecule is CC(C)(C)OO.CC(C)O. The van der Waals surface area contributed by atoms with Crippen LogP contribution in [0.2, 0.25) is 0 Å². The Hall–Kier alpha value is -0.120. The molecule has 10 heavy (non-hydrogen) atoms. The summed E-state index contributed by atoms with van der Waals surface area (Å²) in [6.07, 6.45) is -0.167. The lowest BCUT2D eigenvalue weighted by atomic mass is 10.2. The second-order valence-electron chi connectivity index (χ2n) is 3.30. The van der Waals surface area contributed by atoms with Gasteiger partial charge in [0, 0.05) is 6.10 Å². The maximum Gasteiger partial charge on any atom is 0.0949 e. The topological polar surface area (TPSA) is 49.7 Å². The molecule has 0 heterocycles. The lowest BCUT2D eigenvalue weighted by Gasteiger charge is -2.10. The predicted octanol–water partition coefficient (Wildman–Crippen LogP) is 1.66. The molecular formula is C7H18O3. The van der Waals surface area contributed by atoms with Gasteiger partial charge in [0.05, 0.1) is 5.60 Å². The van der Waals surface area contributed by atoms with Crippen molar-refractivity contribution in [2.24, 2.45) is 0 Å². The van der Waals surface area contributed by atoms with E-state index in [0.717, 1.165) is 0 Å². The van der Waals surface area contributed by atoms with E-state index >= 15 is 0 Å². The molecule has 0 unspecified atom stereocenters. The van der Waals surface area contributed by atoms with Crippen LogP contribution in [0, 0.1) is 0 Å². The summed E-state index contributed by atoms with van der Waals surface area (Å²) in [5.41, 5.74) is -0.403. The minimum absolute atomic E-state index is 0.167. The summed E-state index contributed by atoms with van der Waals surface area (Å²) in [6, 6.07) is 0. The van der Waals surface area contributed by atoms with Gasteiger partial charge >= 0.3 is 0 Å². The molecule has 3 nitrogen and oxygen atoms in total. The average Bonchev–Trinajstić information content (AvgIpc) is 1.63. The highest BCUT2D eigenvalue weighted by molar-refractivity contribution is 4.53. The third-order valence-electron chi connectivity index (χ3n) is 0.274. The average molecular weight is 150 g/mol. The minimum atomic E-state index is -0.403. The molecular weight excluding hydrogens is 132 g/mol. The van der Waals surface area contributed by atoms with Crippen molar-refractivity contribution in [2.45, 2.75) is 46.3 Å². The van der Waals surface area contributed by atoms with Crippen LogP contribution in [0.4, 0.5) is 0 Å². The zero-order valence-corrected chi connectivity index (χ0v) is 7.38. The van der Waals surface area contributed by atoms with E-state index in [-0.39, 0.29) is 6.10 Å². The van der Waals surface area contributed by atoms with Gasteiger partial charge in [0.15, 0.2) is 0 Å². The summed E-state index contributed by atoms with van der Waals surface area (Å²) < 4.78 is 0. The molecule has 0 radical (unpaired) electrons. The van der Waals surface area contributed by atoms with Crippen molar-refractivity contribution in [1.82, 2.24) is 0 Å². The Balaban J connectivity index is 0. The predicted molar refractivity (Wildman–Crippen MR) is 40.8 cm³/mol. The van der Waals surface area contributed by atoms with Crippen LogP contribution in [0.25, 0.3) is 0 Å². The minimum Gasteiger partial charge on any atom is -0.394 e. The van der Waals surface area contributed by atoms with E-state index < -0.39 is 5.60 Å². The summed E-state index contributed by atoms with van der Waals surface area (Å²) in [4.78, 5) is 3.94. The van der Waals surface area contributed by atoms with Gasteiger partial charge in [0.25, 0.3) is 0 Å². The number of aliphatic hydroxyl groups is 1. The second kappa shape index (κ2) is 5.65. The van der Waals surface area contributed by atoms with Crippen LogP contribution in [0.1, 0.15) is 34.6 Å². The second-order valence-corrected chi connectivity index (χ2v) is 3.30. The molecule has 0 saturated carbocycles. The van der Waals surface area contributed by atoms with Crippen molar-refractivity contribution in [2.75, 3.05) is 0 Å². The zero-order valence-electron chi connectivity index (χ0n) is 7.38. The van der Waals surface area contributed by atoms with E-state index in [1.807, 2.05) is 0 Å². The highest BCUT2D eigenvalue weighted by Crippen LogP contribution is 2.01. The first-order valence-electron chi connectivity index (χ1n) is 3.30. The molecule has 0 amide bonds. The molecule has 0 spiro atoms. The Labute approximate surface area is 62.6 Å². The molecule has 3 heteroatoms. The van der Waals surface area contributed by atoms with E-state index in [1.54, 1.807) is 34.6 Å². The fourth-order valence-corrected chi connectivity index (χ4v) is 0. The van der Waals surface area contributed by atoms with Crippen molar-refractivity contribution in [3.8, 4) is 0 Å². The lowest BCUT2D eigenvalue weighted by Crippen LogP contribution is -2.15. The molecule has 0 aliphatic heterocycles. The molecule has 0 aromatic heterocycles. The van der Waals surface area contributed by atoms with Gasteiger partial charge in [-0.3, -0.25) is 5.26 Å². The number of hydrogen-bond donors (Lipinski definition) is 2. The van der Waals surface area contributed by atoms with Gasteiger partial charge in [-0.2, -0.15) is 0 Å². The summed E-state index contributed by atoms with van der Waals surface area (Å²) in [5.74, 6) is 0. The summed E-state index contributed by atoms with van der Waals surface area (Å²) in [5, 5.41) is 16.0. The van der Waals surface area contributed by atoms with Crippen LogP contribution in [-0.4, -0.2) is 22.1 Å². The fraction of sp³-hybridized carbons (Fsp3) is 1.00. The number of hydrogen-bond acceptors (Lipinski definition) is 3. The Bertz CT molecular complexity index is 61.0. The van der Waals surface area contributed by atoms with E-state index in [0.29, 0.717) is 0 Å². The van der Waals surface area contributed by atoms with Gasteiger partial charge in [0.1, 0.15) is 0 Å². The summed E-state index contributed by atoms with van der Waals surface area (Å²) in [6.45, 7) is 8.76. The van der Waals surface area contributed by atoms with Gasteiger partial charge in [-0.1, -0.05) is 0 Å². The molecule has 0 aliphatic carbocycles. The zero-order chi connectivity index (χ0) is 8.78. The first-order valence-corrected chi connectivity index (χ1v) is 3.30. The van der Waals surface area contributed by atoms with Crippen LogP contribution >= 0.6 is 0 Å². The largest absolute Gasteiger partial charge is 0.394 e. The molecule has 0 atom stereocenters. The summed E-state index contributed by atoms with van der Waals surface area (Å²) >= 11 is 0. The molecule has 64 valence electrons. The van der Waals surface area contributed by atoms with Crippen molar-refractivity contribution >= 4 is 0 Å². The molecule has 2 N–H and O–H groups in total. The highest BCUT2D eigenvalue weighted by atomic mass is 17.1. The lowest BCUT2D eigenvalue weighted by molar-refractivity contribution is -0.306. The van der Waals surface area contributed by atoms with Crippen LogP contribution < -0.4 is 0 Å². The van der Waals surface area contributed by atoms with Crippen LogP contribution in [0.3, 0.4) is 0 Å². The highest BCUT2D eigenvalue weighted by Gasteiger charge is 2.06. The smallest absolute Gasteiger partial charge is 0.0949 e.